The number of carbonyl (C=O) groups is 2. The maximum atomic E-state index is 13.0. The Bertz CT molecular complexity index is 702. The van der Waals surface area contributed by atoms with E-state index in [1.807, 2.05) is 51.1 Å². The van der Waals surface area contributed by atoms with Gasteiger partial charge in [-0.1, -0.05) is 48.0 Å². The van der Waals surface area contributed by atoms with Crippen LogP contribution in [0.2, 0.25) is 0 Å². The van der Waals surface area contributed by atoms with Crippen LogP contribution in [0.1, 0.15) is 38.5 Å². The summed E-state index contributed by atoms with van der Waals surface area (Å²) in [6, 6.07) is 12.9. The van der Waals surface area contributed by atoms with Gasteiger partial charge in [0.05, 0.1) is 16.2 Å². The van der Waals surface area contributed by atoms with Gasteiger partial charge in [0.2, 0.25) is 0 Å². The number of carbonyl (C=O) groups excluding carboxylic acids is 2. The monoisotopic (exact) mass is 346 g/mol. The van der Waals surface area contributed by atoms with Gasteiger partial charge in [-0.2, -0.15) is 0 Å². The fourth-order valence-corrected chi connectivity index (χ4v) is 2.87. The Morgan fingerprint density at radius 2 is 1.46 bits per heavy atom. The number of aryl methyl sites for hydroxylation is 3. The smallest absolute Gasteiger partial charge is 0.321 e. The molecule has 2 atom stereocenters. The quantitative estimate of drug-likeness (QED) is 0.367. The molecule has 2 aromatic rings. The number of methoxy groups -OCH3 is 1. The van der Waals surface area contributed by atoms with Crippen molar-refractivity contribution in [3.63, 3.8) is 0 Å². The van der Waals surface area contributed by atoms with Gasteiger partial charge in [0.1, 0.15) is 5.92 Å². The average Bonchev–Trinajstić information content (AvgIpc) is 2.56. The minimum Gasteiger partial charge on any atom is -0.468 e. The Labute approximate surface area is 144 Å². The van der Waals surface area contributed by atoms with Crippen molar-refractivity contribution in [2.75, 3.05) is 7.11 Å². The summed E-state index contributed by atoms with van der Waals surface area (Å²) in [6.07, 6.45) is 0. The van der Waals surface area contributed by atoms with Gasteiger partial charge in [0, 0.05) is 5.56 Å². The van der Waals surface area contributed by atoms with Gasteiger partial charge in [-0.15, -0.1) is 0 Å². The number of ketones is 1. The van der Waals surface area contributed by atoms with Gasteiger partial charge in [0.25, 0.3) is 0 Å². The molecule has 0 aliphatic heterocycles. The molecule has 24 heavy (non-hydrogen) atoms. The number of Topliss-reactive ketones (excluding diaryl/α,β-unsaturated/α-hetero) is 1. The van der Waals surface area contributed by atoms with Crippen LogP contribution in [0.3, 0.4) is 0 Å². The summed E-state index contributed by atoms with van der Waals surface area (Å²) in [4.78, 5) is 25.2. The Morgan fingerprint density at radius 3 is 1.92 bits per heavy atom. The van der Waals surface area contributed by atoms with Gasteiger partial charge in [-0.05, 0) is 37.5 Å². The molecule has 0 radical (unpaired) electrons. The molecule has 0 fully saturated rings. The maximum absolute atomic E-state index is 13.0. The molecular weight excluding hydrogens is 323 g/mol. The second-order valence-electron chi connectivity index (χ2n) is 5.50. The third-order valence-electron chi connectivity index (χ3n) is 3.76. The third kappa shape index (κ3) is 4.42. The lowest BCUT2D eigenvalue weighted by Gasteiger charge is -2.17. The molecule has 0 amide bonds. The SMILES string of the molecule is COC(=O)C(C(=O)c1c(C)cc(C)cc1C)c1ccccc1.O=[PH3]. The first-order chi connectivity index (χ1) is 11.5. The van der Waals surface area contributed by atoms with E-state index in [0.29, 0.717) is 20.2 Å². The summed E-state index contributed by atoms with van der Waals surface area (Å²) in [5.41, 5.74) is 4.11. The second kappa shape index (κ2) is 9.19. The molecule has 0 N–H and O–H groups in total. The first-order valence-corrected chi connectivity index (χ1v) is 8.07. The van der Waals surface area contributed by atoms with Crippen LogP contribution < -0.4 is 0 Å². The van der Waals surface area contributed by atoms with Gasteiger partial charge >= 0.3 is 5.97 Å². The van der Waals surface area contributed by atoms with Gasteiger partial charge in [-0.25, -0.2) is 0 Å². The van der Waals surface area contributed by atoms with Crippen molar-refractivity contribution in [1.82, 2.24) is 0 Å². The molecule has 0 saturated heterocycles. The maximum Gasteiger partial charge on any atom is 0.321 e. The lowest BCUT2D eigenvalue weighted by Crippen LogP contribution is -2.24. The lowest BCUT2D eigenvalue weighted by molar-refractivity contribution is -0.141. The van der Waals surface area contributed by atoms with Gasteiger partial charge in [0.15, 0.2) is 5.78 Å². The molecule has 2 rings (SSSR count). The molecule has 5 heteroatoms. The minimum atomic E-state index is -0.925. The van der Waals surface area contributed by atoms with Crippen LogP contribution in [0, 0.1) is 20.8 Å². The molecule has 0 saturated carbocycles. The van der Waals surface area contributed by atoms with Crippen LogP contribution in [0.4, 0.5) is 0 Å². The fraction of sp³-hybridized carbons (Fsp3) is 0.263. The molecule has 2 unspecified atom stereocenters. The van der Waals surface area contributed by atoms with E-state index >= 15 is 0 Å². The van der Waals surface area contributed by atoms with E-state index in [2.05, 4.69) is 0 Å². The van der Waals surface area contributed by atoms with Crippen molar-refractivity contribution in [3.05, 3.63) is 70.3 Å². The summed E-state index contributed by atoms with van der Waals surface area (Å²) in [5, 5.41) is 0. The van der Waals surface area contributed by atoms with Crippen molar-refractivity contribution in [1.29, 1.82) is 0 Å². The molecule has 0 spiro atoms. The van der Waals surface area contributed by atoms with Crippen molar-refractivity contribution in [3.8, 4) is 0 Å². The first-order valence-electron chi connectivity index (χ1n) is 7.49. The molecular formula is C19H23O4P. The zero-order chi connectivity index (χ0) is 18.3. The normalized spacial score (nSPS) is 11.2. The molecule has 0 aliphatic carbocycles. The van der Waals surface area contributed by atoms with E-state index < -0.39 is 11.9 Å². The van der Waals surface area contributed by atoms with Crippen LogP contribution in [0.15, 0.2) is 42.5 Å². The number of ether oxygens (including phenoxy) is 1. The van der Waals surface area contributed by atoms with Crippen molar-refractivity contribution >= 4 is 20.9 Å². The summed E-state index contributed by atoms with van der Waals surface area (Å²) in [5.74, 6) is -1.67. The Balaban J connectivity index is 0.00000139. The van der Waals surface area contributed by atoms with Crippen LogP contribution in [0.5, 0.6) is 0 Å². The minimum absolute atomic E-state index is 0.215. The third-order valence-corrected chi connectivity index (χ3v) is 3.76. The standard InChI is InChI=1S/C19H20O3.H3OP/c1-12-10-13(2)16(14(3)11-12)18(20)17(19(21)22-4)15-8-6-5-7-9-15;1-2/h5-11,17H,1-4H3;2H3. The molecule has 2 aromatic carbocycles. The van der Waals surface area contributed by atoms with Crippen LogP contribution in [0.25, 0.3) is 0 Å². The summed E-state index contributed by atoms with van der Waals surface area (Å²) in [7, 11) is 1.92. The molecule has 0 heterocycles. The number of hydrogen-bond acceptors (Lipinski definition) is 4. The highest BCUT2D eigenvalue weighted by molar-refractivity contribution is 7.00. The summed E-state index contributed by atoms with van der Waals surface area (Å²) in [6.45, 7) is 5.78. The predicted molar refractivity (Wildman–Crippen MR) is 98.0 cm³/mol. The highest BCUT2D eigenvalue weighted by Crippen LogP contribution is 2.27. The van der Waals surface area contributed by atoms with Crippen LogP contribution in [-0.2, 0) is 14.1 Å². The topological polar surface area (TPSA) is 60.4 Å². The number of benzene rings is 2. The summed E-state index contributed by atoms with van der Waals surface area (Å²) < 4.78 is 13.1. The highest BCUT2D eigenvalue weighted by Gasteiger charge is 2.31. The molecule has 0 bridgehead atoms. The van der Waals surface area contributed by atoms with E-state index in [1.54, 1.807) is 12.1 Å². The Hall–Kier alpha value is -2.19. The zero-order valence-electron chi connectivity index (χ0n) is 14.5. The van der Waals surface area contributed by atoms with Crippen molar-refractivity contribution < 1.29 is 18.9 Å². The number of esters is 1. The Morgan fingerprint density at radius 1 is 0.958 bits per heavy atom. The predicted octanol–water partition coefficient (Wildman–Crippen LogP) is 3.69. The van der Waals surface area contributed by atoms with Gasteiger partial charge < -0.3 is 9.30 Å². The molecule has 4 nitrogen and oxygen atoms in total. The van der Waals surface area contributed by atoms with E-state index in [0.717, 1.165) is 16.7 Å². The van der Waals surface area contributed by atoms with E-state index in [1.165, 1.54) is 7.11 Å². The van der Waals surface area contributed by atoms with E-state index in [-0.39, 0.29) is 5.78 Å². The fourth-order valence-electron chi connectivity index (χ4n) is 2.87. The average molecular weight is 346 g/mol. The summed E-state index contributed by atoms with van der Waals surface area (Å²) >= 11 is 0. The molecule has 0 aliphatic rings. The largest absolute Gasteiger partial charge is 0.468 e. The van der Waals surface area contributed by atoms with Crippen molar-refractivity contribution in [2.45, 2.75) is 26.7 Å². The lowest BCUT2D eigenvalue weighted by atomic mass is 9.86. The van der Waals surface area contributed by atoms with E-state index in [9.17, 15) is 9.59 Å². The van der Waals surface area contributed by atoms with Crippen LogP contribution in [-0.4, -0.2) is 18.9 Å². The van der Waals surface area contributed by atoms with Crippen LogP contribution >= 0.6 is 9.12 Å². The van der Waals surface area contributed by atoms with Crippen molar-refractivity contribution in [2.24, 2.45) is 0 Å². The highest BCUT2D eigenvalue weighted by atomic mass is 31.0. The Kier molecular flexibility index (Phi) is 7.60. The van der Waals surface area contributed by atoms with Gasteiger partial charge in [-0.3, -0.25) is 9.59 Å². The zero-order valence-corrected chi connectivity index (χ0v) is 15.9. The molecule has 128 valence electrons. The van der Waals surface area contributed by atoms with E-state index in [4.69, 9.17) is 9.30 Å². The molecule has 0 aromatic heterocycles. The first kappa shape index (κ1) is 19.9. The second-order valence-corrected chi connectivity index (χ2v) is 5.50. The number of rotatable bonds is 4. The number of hydrogen-bond donors (Lipinski definition) is 0.